The van der Waals surface area contributed by atoms with Crippen LogP contribution >= 0.6 is 0 Å². The Morgan fingerprint density at radius 1 is 0.633 bits per heavy atom. The maximum atomic E-state index is 12.2. The molecule has 0 heterocycles. The Kier molecular flexibility index (Phi) is 46.4. The number of alkyl halides is 22. The van der Waals surface area contributed by atoms with E-state index in [1.54, 1.807) is 0 Å². The number of aliphatic hydroxyl groups excluding tert-OH is 2. The van der Waals surface area contributed by atoms with Crippen LogP contribution in [0, 0.1) is 0 Å². The zero-order valence-corrected chi connectivity index (χ0v) is 24.2. The zero-order valence-electron chi connectivity index (χ0n) is 24.2. The van der Waals surface area contributed by atoms with E-state index in [4.69, 9.17) is 20.6 Å². The van der Waals surface area contributed by atoms with Gasteiger partial charge in [-0.15, -0.1) is 41.7 Å². The number of carboxylic acids is 1. The third kappa shape index (κ3) is 133. The summed E-state index contributed by atoms with van der Waals surface area (Å²) >= 11 is 0. The summed E-state index contributed by atoms with van der Waals surface area (Å²) in [6.07, 6.45) is -20.7. The van der Waals surface area contributed by atoms with Crippen LogP contribution in [0.3, 0.4) is 0 Å². The Balaban J connectivity index is -0.0000000680. The van der Waals surface area contributed by atoms with Crippen molar-refractivity contribution < 1.29 is 127 Å². The Hall–Kier alpha value is -2.75. The van der Waals surface area contributed by atoms with E-state index in [0.717, 1.165) is 13.2 Å². The monoisotopic (exact) mass is 796 g/mol. The lowest BCUT2D eigenvalue weighted by molar-refractivity contribution is -0.268. The molecule has 49 heavy (non-hydrogen) atoms. The van der Waals surface area contributed by atoms with Crippen molar-refractivity contribution in [3.8, 4) is 0 Å². The summed E-state index contributed by atoms with van der Waals surface area (Å²) in [7, 11) is 1.00. The van der Waals surface area contributed by atoms with E-state index in [1.165, 1.54) is 6.08 Å². The molecule has 4 N–H and O–H groups in total. The lowest BCUT2D eigenvalue weighted by atomic mass is 10.1. The van der Waals surface area contributed by atoms with E-state index < -0.39 is 95.3 Å². The van der Waals surface area contributed by atoms with Gasteiger partial charge >= 0.3 is 31.2 Å². The van der Waals surface area contributed by atoms with Crippen molar-refractivity contribution in [2.75, 3.05) is 40.4 Å². The molecule has 0 fully saturated rings. The van der Waals surface area contributed by atoms with Crippen molar-refractivity contribution >= 4 is 5.97 Å². The molecule has 1 atom stereocenters. The molecule has 0 aliphatic carbocycles. The normalized spacial score (nSPS) is 11.6. The van der Waals surface area contributed by atoms with Crippen LogP contribution in [0.4, 0.5) is 96.6 Å². The van der Waals surface area contributed by atoms with Crippen LogP contribution in [0.2, 0.25) is 0 Å². The average Bonchev–Trinajstić information content (AvgIpc) is 2.93. The van der Waals surface area contributed by atoms with E-state index in [1.807, 2.05) is 0 Å². The first-order valence-electron chi connectivity index (χ1n) is 11.0. The molecule has 0 aromatic rings. The maximum Gasteiger partial charge on any atom is 0.559 e. The van der Waals surface area contributed by atoms with Gasteiger partial charge in [0, 0.05) is 32.6 Å². The molecular formula is C21H30F22O6. The van der Waals surface area contributed by atoms with E-state index in [-0.39, 0.29) is 6.42 Å². The summed E-state index contributed by atoms with van der Waals surface area (Å²) in [5.74, 6) is -7.64. The van der Waals surface area contributed by atoms with Gasteiger partial charge in [-0.2, -0.15) is 26.3 Å². The first kappa shape index (κ1) is 64.7. The van der Waals surface area contributed by atoms with Crippen LogP contribution in [-0.4, -0.2) is 110 Å². The number of hydrogen-bond acceptors (Lipinski definition) is 5. The minimum atomic E-state index is -5.50. The lowest BCUT2D eigenvalue weighted by Crippen LogP contribution is -2.21. The third-order valence-corrected chi connectivity index (χ3v) is 2.54. The third-order valence-electron chi connectivity index (χ3n) is 2.54. The van der Waals surface area contributed by atoms with Crippen molar-refractivity contribution in [2.45, 2.75) is 62.4 Å². The number of rotatable bonds is 10. The lowest BCUT2D eigenvalue weighted by Gasteiger charge is -2.13. The van der Waals surface area contributed by atoms with Gasteiger partial charge in [0.1, 0.15) is 6.10 Å². The predicted octanol–water partition coefficient (Wildman–Crippen LogP) is 9.24. The molecule has 1 unspecified atom stereocenters. The predicted molar refractivity (Wildman–Crippen MR) is 125 cm³/mol. The minimum absolute atomic E-state index is 0.156. The summed E-state index contributed by atoms with van der Waals surface area (Å²) in [6, 6.07) is 0. The van der Waals surface area contributed by atoms with Crippen LogP contribution in [-0.2, 0) is 9.68 Å². The molecule has 0 aliphatic rings. The quantitative estimate of drug-likeness (QED) is 0.0578. The Bertz CT molecular complexity index is 686. The van der Waals surface area contributed by atoms with Crippen LogP contribution in [0.5, 0.6) is 0 Å². The SMILES string of the molecule is C=CC(=O)O.C=CC(CCC(F)(F)CF)OO.CO.FC(F)(F)F.FC(F)(F)F.FCC(F)(F)F.FCC(F)(F)F.OCCC(F)(F)CF. The summed E-state index contributed by atoms with van der Waals surface area (Å²) in [5, 5.41) is 30.6. The van der Waals surface area contributed by atoms with Gasteiger partial charge < -0.3 is 15.3 Å². The van der Waals surface area contributed by atoms with Gasteiger partial charge in [-0.05, 0) is 6.42 Å². The summed E-state index contributed by atoms with van der Waals surface area (Å²) in [4.78, 5) is 13.0. The Morgan fingerprint density at radius 2 is 0.857 bits per heavy atom. The summed E-state index contributed by atoms with van der Waals surface area (Å²) in [5.41, 5.74) is 0. The largest absolute Gasteiger partial charge is 0.559 e. The van der Waals surface area contributed by atoms with Crippen molar-refractivity contribution in [1.82, 2.24) is 0 Å². The van der Waals surface area contributed by atoms with Gasteiger partial charge in [0.25, 0.3) is 11.8 Å². The van der Waals surface area contributed by atoms with Crippen molar-refractivity contribution in [2.24, 2.45) is 0 Å². The van der Waals surface area contributed by atoms with Gasteiger partial charge in [-0.1, -0.05) is 12.7 Å². The molecule has 6 nitrogen and oxygen atoms in total. The van der Waals surface area contributed by atoms with Crippen LogP contribution in [0.15, 0.2) is 25.3 Å². The van der Waals surface area contributed by atoms with E-state index in [9.17, 15) is 101 Å². The fourth-order valence-corrected chi connectivity index (χ4v) is 0.864. The highest BCUT2D eigenvalue weighted by Crippen LogP contribution is 2.22. The first-order chi connectivity index (χ1) is 21.6. The molecule has 0 radical (unpaired) electrons. The highest BCUT2D eigenvalue weighted by Gasteiger charge is 2.30. The highest BCUT2D eigenvalue weighted by molar-refractivity contribution is 5.78. The van der Waals surface area contributed by atoms with Crippen LogP contribution in [0.1, 0.15) is 19.3 Å². The molecule has 0 saturated heterocycles. The molecular weight excluding hydrogens is 766 g/mol. The molecule has 28 heteroatoms. The number of aliphatic hydroxyl groups is 2. The second kappa shape index (κ2) is 35.1. The van der Waals surface area contributed by atoms with Gasteiger partial charge in [0.2, 0.25) is 0 Å². The standard InChI is InChI=1S/C7H11F3O2.C4H7F3O.C3H4O2.2C2H2F4.2CF4.CH4O/c1-2-6(12-11)3-4-7(9,10)5-8;5-3-4(6,7)1-2-8;1-2-3(4)5;2*3-1-2(4,5)6;2*2-1(3,4)5;1-2/h2,6,11H,1,3-5H2;8H,1-3H2;2H,1H2,(H,4,5);2*1H2;;;2H,1H3. The smallest absolute Gasteiger partial charge is 0.478 e. The fourth-order valence-electron chi connectivity index (χ4n) is 0.864. The van der Waals surface area contributed by atoms with Gasteiger partial charge in [-0.3, -0.25) is 5.26 Å². The average molecular weight is 796 g/mol. The summed E-state index contributed by atoms with van der Waals surface area (Å²) < 4.78 is 231. The molecule has 0 aliphatic heterocycles. The molecule has 0 spiro atoms. The van der Waals surface area contributed by atoms with E-state index in [0.29, 0.717) is 0 Å². The maximum absolute atomic E-state index is 12.2. The number of aliphatic carboxylic acids is 1. The number of hydrogen-bond donors (Lipinski definition) is 4. The molecule has 0 aromatic carbocycles. The first-order valence-corrected chi connectivity index (χ1v) is 11.0. The topological polar surface area (TPSA) is 107 Å². The molecule has 0 rings (SSSR count). The fraction of sp³-hybridized carbons (Fsp3) is 0.762. The van der Waals surface area contributed by atoms with E-state index >= 15 is 0 Å². The number of halogens is 22. The van der Waals surface area contributed by atoms with Gasteiger partial charge in [-0.25, -0.2) is 44.8 Å². The minimum Gasteiger partial charge on any atom is -0.478 e. The second-order valence-corrected chi connectivity index (χ2v) is 6.77. The van der Waals surface area contributed by atoms with Gasteiger partial charge in [0.15, 0.2) is 26.7 Å². The molecule has 304 valence electrons. The highest BCUT2D eigenvalue weighted by atomic mass is 19.5. The van der Waals surface area contributed by atoms with Crippen LogP contribution in [0.25, 0.3) is 0 Å². The molecule has 0 aromatic heterocycles. The number of carboxylic acid groups (broad SMARTS) is 1. The Morgan fingerprint density at radius 3 is 0.959 bits per heavy atom. The van der Waals surface area contributed by atoms with E-state index in [2.05, 4.69) is 18.0 Å². The van der Waals surface area contributed by atoms with Gasteiger partial charge in [0.05, 0.1) is 0 Å². The summed E-state index contributed by atoms with van der Waals surface area (Å²) in [6.45, 7) is -2.31. The molecule has 0 amide bonds. The van der Waals surface area contributed by atoms with Crippen molar-refractivity contribution in [1.29, 1.82) is 0 Å². The molecule has 0 saturated carbocycles. The van der Waals surface area contributed by atoms with Crippen molar-refractivity contribution in [3.63, 3.8) is 0 Å². The Labute approximate surface area is 262 Å². The second-order valence-electron chi connectivity index (χ2n) is 6.77. The number of carbonyl (C=O) groups is 1. The van der Waals surface area contributed by atoms with Crippen molar-refractivity contribution in [3.05, 3.63) is 25.3 Å². The molecule has 0 bridgehead atoms. The zero-order chi connectivity index (χ0) is 41.9. The van der Waals surface area contributed by atoms with Crippen LogP contribution < -0.4 is 0 Å².